The van der Waals surface area contributed by atoms with Crippen molar-refractivity contribution in [2.24, 2.45) is 22.1 Å². The summed E-state index contributed by atoms with van der Waals surface area (Å²) in [6.45, 7) is 0. The molecule has 0 unspecified atom stereocenters. The number of azo groups is 1. The first-order chi connectivity index (χ1) is 26.9. The molecule has 0 spiro atoms. The molecule has 1 heterocycles. The molecule has 2 bridgehead atoms. The number of fused-ring (bicyclic) bond motifs is 5. The molecule has 6 aromatic rings. The Morgan fingerprint density at radius 2 is 0.855 bits per heavy atom. The van der Waals surface area contributed by atoms with Gasteiger partial charge in [0.1, 0.15) is 11.5 Å². The lowest BCUT2D eigenvalue weighted by atomic mass is 9.59. The van der Waals surface area contributed by atoms with Crippen molar-refractivity contribution in [3.8, 4) is 11.5 Å². The maximum atomic E-state index is 16.2. The van der Waals surface area contributed by atoms with Crippen LogP contribution in [0, 0.1) is 11.8 Å². The second-order valence-corrected chi connectivity index (χ2v) is 13.9. The number of carbonyl (C=O) groups excluding carboxylic acids is 3. The van der Waals surface area contributed by atoms with E-state index in [9.17, 15) is 0 Å². The summed E-state index contributed by atoms with van der Waals surface area (Å²) in [5, 5.41) is 8.68. The Morgan fingerprint density at radius 3 is 1.25 bits per heavy atom. The van der Waals surface area contributed by atoms with Gasteiger partial charge in [-0.25, -0.2) is 4.90 Å². The van der Waals surface area contributed by atoms with Gasteiger partial charge < -0.3 is 9.47 Å². The molecule has 0 N–H and O–H groups in total. The van der Waals surface area contributed by atoms with Crippen molar-refractivity contribution in [3.63, 3.8) is 0 Å². The topological polar surface area (TPSA) is 97.6 Å². The summed E-state index contributed by atoms with van der Waals surface area (Å²) in [6.07, 6.45) is 0. The number of nitrogens with zero attached hydrogens (tertiary/aromatic N) is 3. The van der Waals surface area contributed by atoms with Gasteiger partial charge in [0.2, 0.25) is 11.8 Å². The lowest BCUT2D eigenvalue weighted by molar-refractivity contribution is -0.130. The number of Topliss-reactive ketones (excluding diaryl/α,β-unsaturated/α-hetero) is 1. The lowest BCUT2D eigenvalue weighted by Crippen LogP contribution is -2.45. The molecule has 4 atom stereocenters. The zero-order chi connectivity index (χ0) is 37.7. The van der Waals surface area contributed by atoms with Gasteiger partial charge in [0.05, 0.1) is 53.9 Å². The maximum Gasteiger partial charge on any atom is 0.239 e. The van der Waals surface area contributed by atoms with E-state index < -0.39 is 34.5 Å². The van der Waals surface area contributed by atoms with Crippen molar-refractivity contribution >= 4 is 45.8 Å². The molecule has 2 aliphatic carbocycles. The Balaban J connectivity index is 1.31. The van der Waals surface area contributed by atoms with E-state index in [2.05, 4.69) is 10.2 Å². The van der Waals surface area contributed by atoms with Gasteiger partial charge in [0.25, 0.3) is 0 Å². The highest BCUT2D eigenvalue weighted by atomic mass is 16.5. The molecule has 268 valence electrons. The number of rotatable bonds is 9. The summed E-state index contributed by atoms with van der Waals surface area (Å²) in [5.41, 5.74) is 2.82. The third kappa shape index (κ3) is 4.87. The number of amides is 2. The largest absolute Gasteiger partial charge is 0.497 e. The predicted octanol–water partition coefficient (Wildman–Crippen LogP) is 9.31. The number of methoxy groups -OCH3 is 2. The number of allylic oxidation sites excluding steroid dienone is 2. The summed E-state index contributed by atoms with van der Waals surface area (Å²) < 4.78 is 11.1. The van der Waals surface area contributed by atoms with Crippen LogP contribution in [0.5, 0.6) is 11.5 Å². The lowest BCUT2D eigenvalue weighted by Gasteiger charge is -2.39. The Hall–Kier alpha value is -6.93. The molecule has 2 amide bonds. The average molecular weight is 722 g/mol. The highest BCUT2D eigenvalue weighted by molar-refractivity contribution is 6.39. The molecule has 6 aromatic carbocycles. The Labute approximate surface area is 318 Å². The fraction of sp³-hybridized carbons (Fsp3) is 0.128. The quantitative estimate of drug-likeness (QED) is 0.110. The van der Waals surface area contributed by atoms with Crippen LogP contribution in [0.3, 0.4) is 0 Å². The number of carbonyl (C=O) groups is 3. The van der Waals surface area contributed by atoms with E-state index in [1.807, 2.05) is 140 Å². The molecular formula is C47H35N3O5. The fourth-order valence-electron chi connectivity index (χ4n) is 9.17. The van der Waals surface area contributed by atoms with Gasteiger partial charge in [0.15, 0.2) is 5.78 Å². The number of ether oxygens (including phenoxy) is 2. The SMILES string of the molecule is COc1ccc(C2=C(c3ccc(OC)cc3)[C@@]3(c4ccccc4)C(=O)[C@@]2(c2ccccc2)[C@@H]2C(=O)N(c4ccc(N=Nc5ccccc5)cc4)C(=O)[C@@H]23)cc1. The molecule has 1 saturated heterocycles. The van der Waals surface area contributed by atoms with Gasteiger partial charge in [-0.05, 0) is 94.1 Å². The van der Waals surface area contributed by atoms with Gasteiger partial charge >= 0.3 is 0 Å². The number of benzene rings is 6. The van der Waals surface area contributed by atoms with Crippen LogP contribution in [0.1, 0.15) is 22.3 Å². The first-order valence-electron chi connectivity index (χ1n) is 18.1. The first-order valence-corrected chi connectivity index (χ1v) is 18.1. The van der Waals surface area contributed by atoms with Crippen molar-refractivity contribution in [1.29, 1.82) is 0 Å². The van der Waals surface area contributed by atoms with Crippen LogP contribution in [-0.2, 0) is 25.2 Å². The van der Waals surface area contributed by atoms with E-state index in [4.69, 9.17) is 9.47 Å². The molecule has 1 saturated carbocycles. The van der Waals surface area contributed by atoms with Crippen molar-refractivity contribution in [2.45, 2.75) is 10.8 Å². The van der Waals surface area contributed by atoms with Crippen LogP contribution in [0.2, 0.25) is 0 Å². The number of hydrogen-bond acceptors (Lipinski definition) is 7. The smallest absolute Gasteiger partial charge is 0.239 e. The first kappa shape index (κ1) is 33.9. The highest BCUT2D eigenvalue weighted by Gasteiger charge is 2.82. The second kappa shape index (κ2) is 13.2. The molecule has 0 aromatic heterocycles. The van der Waals surface area contributed by atoms with E-state index in [-0.39, 0.29) is 5.78 Å². The molecule has 1 aliphatic heterocycles. The van der Waals surface area contributed by atoms with E-state index in [0.717, 1.165) is 11.1 Å². The second-order valence-electron chi connectivity index (χ2n) is 13.9. The zero-order valence-corrected chi connectivity index (χ0v) is 30.1. The van der Waals surface area contributed by atoms with E-state index in [0.29, 0.717) is 50.8 Å². The Kier molecular flexibility index (Phi) is 8.12. The van der Waals surface area contributed by atoms with Crippen LogP contribution in [0.25, 0.3) is 11.1 Å². The number of ketones is 1. The predicted molar refractivity (Wildman–Crippen MR) is 211 cm³/mol. The Morgan fingerprint density at radius 1 is 0.473 bits per heavy atom. The van der Waals surface area contributed by atoms with Gasteiger partial charge in [-0.15, -0.1) is 0 Å². The van der Waals surface area contributed by atoms with Crippen molar-refractivity contribution in [3.05, 3.63) is 186 Å². The van der Waals surface area contributed by atoms with Gasteiger partial charge in [0, 0.05) is 0 Å². The summed E-state index contributed by atoms with van der Waals surface area (Å²) >= 11 is 0. The molecule has 8 heteroatoms. The van der Waals surface area contributed by atoms with E-state index in [1.165, 1.54) is 4.90 Å². The minimum atomic E-state index is -1.53. The number of anilines is 1. The van der Waals surface area contributed by atoms with Crippen LogP contribution in [0.15, 0.2) is 174 Å². The number of hydrogen-bond donors (Lipinski definition) is 0. The van der Waals surface area contributed by atoms with Crippen LogP contribution in [-0.4, -0.2) is 31.8 Å². The Bertz CT molecular complexity index is 2370. The molecule has 9 rings (SSSR count). The molecule has 8 nitrogen and oxygen atoms in total. The van der Waals surface area contributed by atoms with Gasteiger partial charge in [-0.2, -0.15) is 10.2 Å². The average Bonchev–Trinajstić information content (AvgIpc) is 3.76. The maximum absolute atomic E-state index is 16.2. The van der Waals surface area contributed by atoms with Crippen LogP contribution >= 0.6 is 0 Å². The standard InChI is InChI=1S/C47H35N3O5/c1-54-37-26-18-30(19-27-37)39-40(31-20-28-38(55-2)29-21-31)47(33-14-8-4-9-15-33)42-41(46(39,45(47)53)32-12-6-3-7-13-32)43(51)50(44(42)52)36-24-22-35(23-25-36)49-48-34-16-10-5-11-17-34/h3-29,41-42H,1-2H3/t41-,42+,46-,47-/m1/s1. The zero-order valence-electron chi connectivity index (χ0n) is 30.1. The van der Waals surface area contributed by atoms with Gasteiger partial charge in [-0.1, -0.05) is 103 Å². The third-order valence-corrected chi connectivity index (χ3v) is 11.4. The van der Waals surface area contributed by atoms with E-state index in [1.54, 1.807) is 38.5 Å². The molecule has 2 fully saturated rings. The molecule has 55 heavy (non-hydrogen) atoms. The summed E-state index contributed by atoms with van der Waals surface area (Å²) in [7, 11) is 3.21. The third-order valence-electron chi connectivity index (χ3n) is 11.4. The molecule has 0 radical (unpaired) electrons. The molecular weight excluding hydrogens is 687 g/mol. The molecule has 3 aliphatic rings. The monoisotopic (exact) mass is 721 g/mol. The van der Waals surface area contributed by atoms with Crippen molar-refractivity contribution in [1.82, 2.24) is 0 Å². The number of imide groups is 1. The summed E-state index contributed by atoms with van der Waals surface area (Å²) in [6, 6.07) is 50.4. The van der Waals surface area contributed by atoms with Gasteiger partial charge in [-0.3, -0.25) is 14.4 Å². The highest BCUT2D eigenvalue weighted by Crippen LogP contribution is 2.74. The fourth-order valence-corrected chi connectivity index (χ4v) is 9.17. The van der Waals surface area contributed by atoms with Crippen LogP contribution < -0.4 is 14.4 Å². The van der Waals surface area contributed by atoms with Crippen molar-refractivity contribution in [2.75, 3.05) is 19.1 Å². The minimum absolute atomic E-state index is 0.193. The summed E-state index contributed by atoms with van der Waals surface area (Å²) in [5.74, 6) is -1.84. The minimum Gasteiger partial charge on any atom is -0.497 e. The summed E-state index contributed by atoms with van der Waals surface area (Å²) in [4.78, 5) is 48.1. The van der Waals surface area contributed by atoms with Crippen LogP contribution in [0.4, 0.5) is 17.1 Å². The van der Waals surface area contributed by atoms with E-state index >= 15 is 14.4 Å². The van der Waals surface area contributed by atoms with Crippen molar-refractivity contribution < 1.29 is 23.9 Å². The normalized spacial score (nSPS) is 22.8.